The van der Waals surface area contributed by atoms with E-state index in [-0.39, 0.29) is 17.7 Å². The molecule has 0 radical (unpaired) electrons. The van der Waals surface area contributed by atoms with Gasteiger partial charge in [-0.1, -0.05) is 135 Å². The Morgan fingerprint density at radius 3 is 2.04 bits per heavy atom. The van der Waals surface area contributed by atoms with Crippen LogP contribution in [0.1, 0.15) is 61.8 Å². The number of thiophene rings is 1. The van der Waals surface area contributed by atoms with Crippen molar-refractivity contribution in [2.45, 2.75) is 71.3 Å². The average Bonchev–Trinajstić information content (AvgIpc) is 4.03. The fourth-order valence-electron chi connectivity index (χ4n) is 14.2. The van der Waals surface area contributed by atoms with Crippen molar-refractivity contribution in [2.75, 3.05) is 14.7 Å². The molecule has 0 bridgehead atoms. The molecular formula is C65H52BN3OS. The lowest BCUT2D eigenvalue weighted by Crippen LogP contribution is -2.61. The third-order valence-corrected chi connectivity index (χ3v) is 18.5. The third-order valence-electron chi connectivity index (χ3n) is 17.3. The van der Waals surface area contributed by atoms with Crippen LogP contribution in [0, 0.1) is 20.8 Å². The number of benzene rings is 9. The summed E-state index contributed by atoms with van der Waals surface area (Å²) in [5, 5.41) is 4.86. The van der Waals surface area contributed by atoms with Gasteiger partial charge in [0.2, 0.25) is 0 Å². The summed E-state index contributed by atoms with van der Waals surface area (Å²) in [5.41, 5.74) is 23.3. The summed E-state index contributed by atoms with van der Waals surface area (Å²) in [6, 6.07) is 66.5. The van der Waals surface area contributed by atoms with E-state index in [2.05, 4.69) is 225 Å². The highest BCUT2D eigenvalue weighted by molar-refractivity contribution is 7.26. The first kappa shape index (κ1) is 41.3. The monoisotopic (exact) mass is 933 g/mol. The molecule has 3 aliphatic heterocycles. The largest absolute Gasteiger partial charge is 0.454 e. The molecule has 5 heterocycles. The van der Waals surface area contributed by atoms with Gasteiger partial charge in [-0.2, -0.15) is 0 Å². The van der Waals surface area contributed by atoms with Gasteiger partial charge in [-0.15, -0.1) is 11.3 Å². The van der Waals surface area contributed by atoms with Crippen molar-refractivity contribution in [3.05, 3.63) is 198 Å². The average molecular weight is 934 g/mol. The molecular weight excluding hydrogens is 882 g/mol. The van der Waals surface area contributed by atoms with Gasteiger partial charge in [-0.25, -0.2) is 0 Å². The quantitative estimate of drug-likeness (QED) is 0.164. The molecule has 0 amide bonds. The smallest absolute Gasteiger partial charge is 0.252 e. The molecule has 4 nitrogen and oxygen atoms in total. The maximum absolute atomic E-state index is 6.91. The SMILES string of the molecule is Cc1cc2c3c(c1)N(c1cccc4c1sc1ccccc14)c1cc(N4c5cc(C)cc(C)c5C5(C)CCCCC45C)ccc1B3c1cc(-c3ccccc3)ccc1N2c1cccc2c1oc1ccccc12. The molecule has 0 spiro atoms. The van der Waals surface area contributed by atoms with E-state index in [0.717, 1.165) is 34.0 Å². The van der Waals surface area contributed by atoms with Crippen molar-refractivity contribution in [3.8, 4) is 11.1 Å². The third kappa shape index (κ3) is 5.57. The molecule has 0 N–H and O–H groups in total. The molecule has 1 fully saturated rings. The fraction of sp³-hybridized carbons (Fsp3) is 0.169. The van der Waals surface area contributed by atoms with Crippen LogP contribution in [0.15, 0.2) is 180 Å². The summed E-state index contributed by atoms with van der Waals surface area (Å²) in [7, 11) is 0. The summed E-state index contributed by atoms with van der Waals surface area (Å²) < 4.78 is 9.52. The van der Waals surface area contributed by atoms with E-state index in [0.29, 0.717) is 0 Å². The second kappa shape index (κ2) is 14.8. The van der Waals surface area contributed by atoms with Gasteiger partial charge in [0.1, 0.15) is 5.58 Å². The molecule has 2 aromatic heterocycles. The lowest BCUT2D eigenvalue weighted by molar-refractivity contribution is 0.194. The lowest BCUT2D eigenvalue weighted by Gasteiger charge is -2.51. The van der Waals surface area contributed by atoms with Gasteiger partial charge < -0.3 is 19.1 Å². The van der Waals surface area contributed by atoms with Crippen molar-refractivity contribution < 1.29 is 4.42 Å². The number of fused-ring (bicyclic) bond motifs is 13. The Morgan fingerprint density at radius 1 is 0.507 bits per heavy atom. The van der Waals surface area contributed by atoms with Crippen LogP contribution in [-0.2, 0) is 5.41 Å². The number of hydrogen-bond donors (Lipinski definition) is 0. The molecule has 71 heavy (non-hydrogen) atoms. The number of furan rings is 1. The predicted molar refractivity (Wildman–Crippen MR) is 303 cm³/mol. The van der Waals surface area contributed by atoms with Gasteiger partial charge in [0.05, 0.1) is 21.6 Å². The second-order valence-corrected chi connectivity index (χ2v) is 22.4. The van der Waals surface area contributed by atoms with Crippen LogP contribution < -0.4 is 31.1 Å². The number of anilines is 8. The van der Waals surface area contributed by atoms with E-state index in [4.69, 9.17) is 4.42 Å². The number of aryl methyl sites for hydroxylation is 3. The highest BCUT2D eigenvalue weighted by Crippen LogP contribution is 2.62. The Kier molecular flexibility index (Phi) is 8.58. The molecule has 0 saturated heterocycles. The van der Waals surface area contributed by atoms with Crippen LogP contribution in [0.5, 0.6) is 0 Å². The first-order valence-electron chi connectivity index (χ1n) is 25.5. The zero-order valence-corrected chi connectivity index (χ0v) is 41.6. The number of para-hydroxylation sites is 2. The van der Waals surface area contributed by atoms with Crippen molar-refractivity contribution in [1.29, 1.82) is 0 Å². The summed E-state index contributed by atoms with van der Waals surface area (Å²) in [5.74, 6) is 0. The van der Waals surface area contributed by atoms with Gasteiger partial charge in [0, 0.05) is 65.8 Å². The van der Waals surface area contributed by atoms with E-state index >= 15 is 0 Å². The number of hydrogen-bond acceptors (Lipinski definition) is 5. The Morgan fingerprint density at radius 2 is 1.20 bits per heavy atom. The summed E-state index contributed by atoms with van der Waals surface area (Å²) in [4.78, 5) is 7.96. The Balaban J connectivity index is 1.05. The van der Waals surface area contributed by atoms with Crippen LogP contribution in [0.4, 0.5) is 45.5 Å². The first-order valence-corrected chi connectivity index (χ1v) is 26.3. The van der Waals surface area contributed by atoms with E-state index in [9.17, 15) is 0 Å². The molecule has 2 unspecified atom stereocenters. The van der Waals surface area contributed by atoms with Crippen molar-refractivity contribution in [3.63, 3.8) is 0 Å². The zero-order chi connectivity index (χ0) is 47.5. The van der Waals surface area contributed by atoms with E-state index in [1.54, 1.807) is 0 Å². The predicted octanol–water partition coefficient (Wildman–Crippen LogP) is 16.4. The first-order chi connectivity index (χ1) is 34.7. The lowest BCUT2D eigenvalue weighted by atomic mass is 9.33. The summed E-state index contributed by atoms with van der Waals surface area (Å²) in [6.45, 7) is 12.0. The maximum Gasteiger partial charge on any atom is 0.252 e. The molecule has 6 heteroatoms. The minimum atomic E-state index is -0.0901. The Bertz CT molecular complexity index is 4080. The van der Waals surface area contributed by atoms with Crippen LogP contribution >= 0.6 is 11.3 Å². The van der Waals surface area contributed by atoms with E-state index in [1.165, 1.54) is 129 Å². The van der Waals surface area contributed by atoms with E-state index in [1.807, 2.05) is 11.3 Å². The fourth-order valence-corrected chi connectivity index (χ4v) is 15.4. The van der Waals surface area contributed by atoms with Gasteiger partial charge in [-0.3, -0.25) is 0 Å². The standard InChI is InChI=1S/C65H52BN3OS/c1-39-33-41(3)60-55(34-39)69(65(5)32-14-13-31-64(60,65)4)44-28-29-49-54(38-44)68(53-24-16-22-48-46-20-10-12-26-59(46)71-63(48)53)57-36-40(2)35-56-61(57)66(49)50-37-43(42-17-7-6-8-18-42)27-30-51(50)67(56)52-23-15-21-47-45-19-9-11-25-58(45)70-62(47)52/h6-12,15-30,33-38H,13-14,31-32H2,1-5H3. The molecule has 4 aliphatic rings. The molecule has 11 aromatic rings. The van der Waals surface area contributed by atoms with E-state index < -0.39 is 0 Å². The second-order valence-electron chi connectivity index (χ2n) is 21.3. The molecule has 1 saturated carbocycles. The summed E-state index contributed by atoms with van der Waals surface area (Å²) in [6.07, 6.45) is 4.83. The number of rotatable bonds is 4. The highest BCUT2D eigenvalue weighted by atomic mass is 32.1. The number of nitrogens with zero attached hydrogens (tertiary/aromatic N) is 3. The van der Waals surface area contributed by atoms with Crippen LogP contribution in [0.2, 0.25) is 0 Å². The Hall–Kier alpha value is -7.54. The molecule has 9 aromatic carbocycles. The Labute approximate surface area is 419 Å². The summed E-state index contributed by atoms with van der Waals surface area (Å²) >= 11 is 1.91. The highest BCUT2D eigenvalue weighted by Gasteiger charge is 2.58. The molecule has 15 rings (SSSR count). The molecule has 1 aliphatic carbocycles. The van der Waals surface area contributed by atoms with Gasteiger partial charge in [0.25, 0.3) is 6.71 Å². The minimum absolute atomic E-state index is 0.0253. The van der Waals surface area contributed by atoms with Crippen LogP contribution in [-0.4, -0.2) is 12.3 Å². The van der Waals surface area contributed by atoms with Gasteiger partial charge in [0.15, 0.2) is 5.58 Å². The van der Waals surface area contributed by atoms with Gasteiger partial charge in [-0.05, 0) is 151 Å². The van der Waals surface area contributed by atoms with Crippen LogP contribution in [0.3, 0.4) is 0 Å². The topological polar surface area (TPSA) is 22.9 Å². The minimum Gasteiger partial charge on any atom is -0.454 e. The molecule has 2 atom stereocenters. The van der Waals surface area contributed by atoms with Crippen molar-refractivity contribution in [1.82, 2.24) is 0 Å². The molecule has 342 valence electrons. The van der Waals surface area contributed by atoms with Crippen LogP contribution in [0.25, 0.3) is 53.2 Å². The normalized spacial score (nSPS) is 18.8. The van der Waals surface area contributed by atoms with Crippen molar-refractivity contribution >= 4 is 122 Å². The van der Waals surface area contributed by atoms with Gasteiger partial charge >= 0.3 is 0 Å². The maximum atomic E-state index is 6.91. The van der Waals surface area contributed by atoms with Crippen molar-refractivity contribution in [2.24, 2.45) is 0 Å². The zero-order valence-electron chi connectivity index (χ0n) is 40.8.